The molecule has 35 heavy (non-hydrogen) atoms. The van der Waals surface area contributed by atoms with Crippen LogP contribution in [0.5, 0.6) is 0 Å². The highest BCUT2D eigenvalue weighted by Crippen LogP contribution is 2.38. The fourth-order valence-corrected chi connectivity index (χ4v) is 5.59. The van der Waals surface area contributed by atoms with E-state index in [0.29, 0.717) is 22.5 Å². The number of hydrogen-bond donors (Lipinski definition) is 1. The van der Waals surface area contributed by atoms with Crippen molar-refractivity contribution < 1.29 is 30.8 Å². The molecule has 6 nitrogen and oxygen atoms in total. The third kappa shape index (κ3) is 7.42. The molecular weight excluding hydrogens is 525 g/mol. The van der Waals surface area contributed by atoms with Crippen LogP contribution in [0.15, 0.2) is 76.2 Å². The monoisotopic (exact) mass is 546 g/mol. The summed E-state index contributed by atoms with van der Waals surface area (Å²) in [7, 11) is -4.34. The Hall–Kier alpha value is -2.63. The van der Waals surface area contributed by atoms with Gasteiger partial charge in [-0.15, -0.1) is 0 Å². The average Bonchev–Trinajstić information content (AvgIpc) is 3.33. The van der Waals surface area contributed by atoms with Crippen molar-refractivity contribution in [2.45, 2.75) is 23.2 Å². The number of halogens is 4. The number of furan rings is 1. The molecule has 3 rings (SSSR count). The van der Waals surface area contributed by atoms with Crippen molar-refractivity contribution in [1.82, 2.24) is 5.32 Å². The lowest BCUT2D eigenvalue weighted by Gasteiger charge is -2.25. The van der Waals surface area contributed by atoms with Crippen LogP contribution in [0.3, 0.4) is 0 Å². The zero-order chi connectivity index (χ0) is 25.5. The number of amides is 1. The summed E-state index contributed by atoms with van der Waals surface area (Å²) < 4.78 is 72.6. The molecule has 2 aromatic carbocycles. The van der Waals surface area contributed by atoms with Crippen LogP contribution in [0.1, 0.15) is 17.7 Å². The van der Waals surface area contributed by atoms with Gasteiger partial charge in [-0.1, -0.05) is 29.8 Å². The standard InChI is InChI=1S/C23H22ClF3N2O4S2/c24-21-10-9-17(14-20(21)23(25,26)27)29(35(31,32)19-7-2-1-3-8-19)15-22(30)28-11-5-13-34-16-18-6-4-12-33-18/h1-4,6-10,12,14H,5,11,13,15-16H2,(H,28,30). The molecule has 3 aromatic rings. The Labute approximate surface area is 210 Å². The van der Waals surface area contributed by atoms with Crippen LogP contribution in [-0.2, 0) is 26.7 Å². The van der Waals surface area contributed by atoms with E-state index in [1.54, 1.807) is 30.2 Å². The lowest BCUT2D eigenvalue weighted by molar-refractivity contribution is -0.137. The lowest BCUT2D eigenvalue weighted by atomic mass is 10.2. The molecule has 1 heterocycles. The Bertz CT molecular complexity index is 1220. The Morgan fingerprint density at radius 3 is 2.49 bits per heavy atom. The minimum Gasteiger partial charge on any atom is -0.468 e. The maximum atomic E-state index is 13.4. The average molecular weight is 547 g/mol. The van der Waals surface area contributed by atoms with E-state index in [1.807, 2.05) is 6.07 Å². The summed E-state index contributed by atoms with van der Waals surface area (Å²) in [5.41, 5.74) is -1.52. The number of carbonyl (C=O) groups excluding carboxylic acids is 1. The van der Waals surface area contributed by atoms with E-state index in [1.165, 1.54) is 24.3 Å². The van der Waals surface area contributed by atoms with Crippen LogP contribution in [0.25, 0.3) is 0 Å². The van der Waals surface area contributed by atoms with Gasteiger partial charge in [0.25, 0.3) is 10.0 Å². The SMILES string of the molecule is O=C(CN(c1ccc(Cl)c(C(F)(F)F)c1)S(=O)(=O)c1ccccc1)NCCCSCc1ccco1. The third-order valence-corrected chi connectivity index (χ3v) is 7.96. The van der Waals surface area contributed by atoms with Gasteiger partial charge in [0.05, 0.1) is 33.2 Å². The van der Waals surface area contributed by atoms with Crippen molar-refractivity contribution in [1.29, 1.82) is 0 Å². The molecule has 188 valence electrons. The van der Waals surface area contributed by atoms with E-state index in [-0.39, 0.29) is 17.1 Å². The summed E-state index contributed by atoms with van der Waals surface area (Å²) in [6.45, 7) is -0.423. The van der Waals surface area contributed by atoms with Gasteiger partial charge < -0.3 is 9.73 Å². The molecular formula is C23H22ClF3N2O4S2. The largest absolute Gasteiger partial charge is 0.468 e. The first-order chi connectivity index (χ1) is 16.6. The summed E-state index contributed by atoms with van der Waals surface area (Å²) in [4.78, 5) is 12.4. The third-order valence-electron chi connectivity index (χ3n) is 4.77. The number of thioether (sulfide) groups is 1. The second-order valence-electron chi connectivity index (χ2n) is 7.32. The molecule has 0 saturated carbocycles. The van der Waals surface area contributed by atoms with Gasteiger partial charge in [0, 0.05) is 6.54 Å². The number of nitrogens with one attached hydrogen (secondary N) is 1. The van der Waals surface area contributed by atoms with Gasteiger partial charge in [0.2, 0.25) is 5.91 Å². The molecule has 1 amide bonds. The van der Waals surface area contributed by atoms with E-state index in [4.69, 9.17) is 16.0 Å². The highest BCUT2D eigenvalue weighted by Gasteiger charge is 2.35. The number of sulfonamides is 1. The minimum absolute atomic E-state index is 0.161. The van der Waals surface area contributed by atoms with Crippen LogP contribution >= 0.6 is 23.4 Å². The van der Waals surface area contributed by atoms with Crippen LogP contribution in [0, 0.1) is 0 Å². The van der Waals surface area contributed by atoms with Crippen molar-refractivity contribution >= 4 is 45.0 Å². The second kappa shape index (κ2) is 11.9. The van der Waals surface area contributed by atoms with Gasteiger partial charge >= 0.3 is 6.18 Å². The number of benzene rings is 2. The van der Waals surface area contributed by atoms with Gasteiger partial charge in [-0.25, -0.2) is 8.42 Å². The van der Waals surface area contributed by atoms with Crippen LogP contribution < -0.4 is 9.62 Å². The fourth-order valence-electron chi connectivity index (χ4n) is 3.08. The Morgan fingerprint density at radius 1 is 1.09 bits per heavy atom. The van der Waals surface area contributed by atoms with Crippen LogP contribution in [-0.4, -0.2) is 33.2 Å². The molecule has 0 saturated heterocycles. The summed E-state index contributed by atoms with van der Waals surface area (Å²) in [5.74, 6) is 1.59. The number of nitrogens with zero attached hydrogens (tertiary/aromatic N) is 1. The minimum atomic E-state index is -4.80. The second-order valence-corrected chi connectivity index (χ2v) is 10.7. The predicted molar refractivity (Wildman–Crippen MR) is 130 cm³/mol. The quantitative estimate of drug-likeness (QED) is 0.317. The summed E-state index contributed by atoms with van der Waals surface area (Å²) >= 11 is 7.30. The zero-order valence-corrected chi connectivity index (χ0v) is 20.7. The van der Waals surface area contributed by atoms with Crippen molar-refractivity contribution in [2.75, 3.05) is 23.1 Å². The smallest absolute Gasteiger partial charge is 0.417 e. The molecule has 1 aromatic heterocycles. The summed E-state index contributed by atoms with van der Waals surface area (Å²) in [6.07, 6.45) is -2.60. The van der Waals surface area contributed by atoms with Gasteiger partial charge in [-0.05, 0) is 54.6 Å². The predicted octanol–water partition coefficient (Wildman–Crippen LogP) is 5.59. The van der Waals surface area contributed by atoms with Gasteiger partial charge in [0.1, 0.15) is 12.3 Å². The number of anilines is 1. The van der Waals surface area contributed by atoms with Crippen molar-refractivity contribution in [2.24, 2.45) is 0 Å². The Balaban J connectivity index is 1.72. The summed E-state index contributed by atoms with van der Waals surface area (Å²) in [6, 6.07) is 13.5. The Kier molecular flexibility index (Phi) is 9.15. The first kappa shape index (κ1) is 27.0. The molecule has 0 fully saturated rings. The molecule has 1 N–H and O–H groups in total. The molecule has 0 atom stereocenters. The van der Waals surface area contributed by atoms with E-state index in [2.05, 4.69) is 5.32 Å². The molecule has 12 heteroatoms. The fraction of sp³-hybridized carbons (Fsp3) is 0.261. The topological polar surface area (TPSA) is 79.6 Å². The van der Waals surface area contributed by atoms with Crippen LogP contribution in [0.4, 0.5) is 18.9 Å². The molecule has 0 radical (unpaired) electrons. The van der Waals surface area contributed by atoms with Crippen LogP contribution in [0.2, 0.25) is 5.02 Å². The molecule has 0 aliphatic rings. The zero-order valence-electron chi connectivity index (χ0n) is 18.3. The first-order valence-corrected chi connectivity index (χ1v) is 13.4. The maximum absolute atomic E-state index is 13.4. The summed E-state index contributed by atoms with van der Waals surface area (Å²) in [5, 5.41) is 2.05. The number of rotatable bonds is 11. The molecule has 0 bridgehead atoms. The van der Waals surface area contributed by atoms with Crippen molar-refractivity contribution in [3.8, 4) is 0 Å². The van der Waals surface area contributed by atoms with Gasteiger partial charge in [0.15, 0.2) is 0 Å². The van der Waals surface area contributed by atoms with Gasteiger partial charge in [-0.2, -0.15) is 24.9 Å². The van der Waals surface area contributed by atoms with Gasteiger partial charge in [-0.3, -0.25) is 9.10 Å². The highest BCUT2D eigenvalue weighted by molar-refractivity contribution is 7.98. The highest BCUT2D eigenvalue weighted by atomic mass is 35.5. The van der Waals surface area contributed by atoms with Crippen molar-refractivity contribution in [3.63, 3.8) is 0 Å². The number of carbonyl (C=O) groups is 1. The van der Waals surface area contributed by atoms with E-state index in [9.17, 15) is 26.4 Å². The van der Waals surface area contributed by atoms with Crippen molar-refractivity contribution in [3.05, 3.63) is 83.3 Å². The van der Waals surface area contributed by atoms with E-state index >= 15 is 0 Å². The first-order valence-electron chi connectivity index (χ1n) is 10.4. The van der Waals surface area contributed by atoms with E-state index in [0.717, 1.165) is 23.6 Å². The maximum Gasteiger partial charge on any atom is 0.417 e. The van der Waals surface area contributed by atoms with E-state index < -0.39 is 39.2 Å². The molecule has 0 aliphatic heterocycles. The number of alkyl halides is 3. The lowest BCUT2D eigenvalue weighted by Crippen LogP contribution is -2.41. The Morgan fingerprint density at radius 2 is 1.83 bits per heavy atom. The molecule has 0 unspecified atom stereocenters. The molecule has 0 spiro atoms. The number of hydrogen-bond acceptors (Lipinski definition) is 5. The normalized spacial score (nSPS) is 11.9. The molecule has 0 aliphatic carbocycles.